The molecule has 2 heterocycles. The van der Waals surface area contributed by atoms with Crippen molar-refractivity contribution in [3.8, 4) is 22.8 Å². The van der Waals surface area contributed by atoms with Crippen LogP contribution >= 0.6 is 12.0 Å². The third-order valence-corrected chi connectivity index (χ3v) is 8.01. The normalized spacial score (nSPS) is 12.0. The van der Waals surface area contributed by atoms with Gasteiger partial charge in [-0.05, 0) is 72.8 Å². The zero-order chi connectivity index (χ0) is 31.9. The first-order valence-electron chi connectivity index (χ1n) is 12.5. The zero-order valence-corrected chi connectivity index (χ0v) is 23.9. The molecule has 4 aromatic carbocycles. The maximum atomic E-state index is 13.0. The van der Waals surface area contributed by atoms with Crippen molar-refractivity contribution in [3.05, 3.63) is 88.8 Å². The van der Waals surface area contributed by atoms with Crippen molar-refractivity contribution in [1.29, 1.82) is 0 Å². The Hall–Kier alpha value is -5.37. The van der Waals surface area contributed by atoms with E-state index in [1.807, 2.05) is 0 Å². The summed E-state index contributed by atoms with van der Waals surface area (Å²) in [5, 5.41) is 43.6. The van der Waals surface area contributed by atoms with E-state index in [1.165, 1.54) is 18.2 Å². The number of aromatic nitrogens is 4. The van der Waals surface area contributed by atoms with Crippen LogP contribution in [0.25, 0.3) is 38.9 Å². The van der Waals surface area contributed by atoms with E-state index >= 15 is 0 Å². The third kappa shape index (κ3) is 5.79. The average molecular weight is 651 g/mol. The van der Waals surface area contributed by atoms with E-state index in [0.29, 0.717) is 55.8 Å². The van der Waals surface area contributed by atoms with Gasteiger partial charge in [0, 0.05) is 21.2 Å². The number of phenols is 1. The number of aromatic carboxylic acids is 1. The van der Waals surface area contributed by atoms with Crippen LogP contribution in [-0.2, 0) is 19.5 Å². The largest absolute Gasteiger partial charge is 0.507 e. The highest BCUT2D eigenvalue weighted by Gasteiger charge is 2.21. The number of carboxylic acid groups (broad SMARTS) is 1. The third-order valence-electron chi connectivity index (χ3n) is 6.58. The number of azo groups is 1. The molecule has 6 aromatic rings. The monoisotopic (exact) mass is 650 g/mol. The number of phenolic OH excluding ortho intramolecular Hbond substituents is 1. The summed E-state index contributed by atoms with van der Waals surface area (Å²) >= 11 is 0.701. The molecule has 0 aliphatic heterocycles. The van der Waals surface area contributed by atoms with E-state index in [1.54, 1.807) is 42.5 Å². The SMILES string of the molecule is O=C(O)c1[nH]n(-c2ccc(S(=O)(=O)O)cc2)c(=O)c1N=Nc1ccc(-c2nc3ccc4c(O)cc(SOOO)cc4c3[nH]2)cc1. The van der Waals surface area contributed by atoms with Crippen LogP contribution in [0, 0.1) is 0 Å². The smallest absolute Gasteiger partial charge is 0.356 e. The van der Waals surface area contributed by atoms with Gasteiger partial charge in [0.1, 0.15) is 11.6 Å². The molecule has 18 heteroatoms. The van der Waals surface area contributed by atoms with Crippen LogP contribution in [0.2, 0.25) is 0 Å². The van der Waals surface area contributed by atoms with E-state index in [0.717, 1.165) is 16.8 Å². The van der Waals surface area contributed by atoms with Gasteiger partial charge >= 0.3 is 5.97 Å². The molecule has 0 fully saturated rings. The maximum absolute atomic E-state index is 13.0. The van der Waals surface area contributed by atoms with Gasteiger partial charge in [0.2, 0.25) is 0 Å². The van der Waals surface area contributed by atoms with Gasteiger partial charge in [0.15, 0.2) is 11.4 Å². The second-order valence-electron chi connectivity index (χ2n) is 9.31. The second-order valence-corrected chi connectivity index (χ2v) is 11.5. The molecule has 0 spiro atoms. The number of carboxylic acids is 1. The Balaban J connectivity index is 1.29. The van der Waals surface area contributed by atoms with Crippen LogP contribution in [-0.4, -0.2) is 54.2 Å². The van der Waals surface area contributed by atoms with Gasteiger partial charge in [-0.25, -0.2) is 19.7 Å². The van der Waals surface area contributed by atoms with Gasteiger partial charge in [-0.1, -0.05) is 5.04 Å². The number of hydrogen-bond acceptors (Lipinski definition) is 12. The van der Waals surface area contributed by atoms with Gasteiger partial charge in [-0.2, -0.15) is 13.5 Å². The summed E-state index contributed by atoms with van der Waals surface area (Å²) in [5.41, 5.74) is 0.392. The van der Waals surface area contributed by atoms with Crippen LogP contribution in [0.4, 0.5) is 11.4 Å². The fourth-order valence-corrected chi connectivity index (χ4v) is 5.44. The summed E-state index contributed by atoms with van der Waals surface area (Å²) in [6.45, 7) is 0. The Morgan fingerprint density at radius 1 is 0.978 bits per heavy atom. The molecule has 16 nitrogen and oxygen atoms in total. The lowest BCUT2D eigenvalue weighted by atomic mass is 10.1. The second kappa shape index (κ2) is 11.6. The van der Waals surface area contributed by atoms with Crippen LogP contribution < -0.4 is 5.56 Å². The molecule has 0 atom stereocenters. The van der Waals surface area contributed by atoms with Crippen LogP contribution in [0.15, 0.2) is 97.6 Å². The summed E-state index contributed by atoms with van der Waals surface area (Å²) in [6.07, 6.45) is 0. The van der Waals surface area contributed by atoms with Crippen molar-refractivity contribution in [2.45, 2.75) is 9.79 Å². The minimum Gasteiger partial charge on any atom is -0.507 e. The standard InChI is InChI=1S/C27H18N6O10S2/c34-21-12-16(44-43-42-38)11-19-18(21)9-10-20-22(19)29-25(28-20)13-1-3-14(4-2-13)30-31-23-24(27(36)37)32-33(26(23)35)15-5-7-17(8-6-15)45(39,40)41/h1-12,32,34,38H,(H,28,29)(H,36,37)(H,39,40,41). The topological polar surface area (TPSA) is 242 Å². The highest BCUT2D eigenvalue weighted by atomic mass is 32.2. The highest BCUT2D eigenvalue weighted by molar-refractivity contribution is 7.94. The number of hydrogen-bond donors (Lipinski definition) is 6. The molecule has 0 bridgehead atoms. The van der Waals surface area contributed by atoms with E-state index in [9.17, 15) is 28.2 Å². The average Bonchev–Trinajstić information content (AvgIpc) is 3.60. The van der Waals surface area contributed by atoms with Gasteiger partial charge < -0.3 is 15.2 Å². The van der Waals surface area contributed by atoms with Gasteiger partial charge in [0.25, 0.3) is 15.7 Å². The quantitative estimate of drug-likeness (QED) is 0.0381. The van der Waals surface area contributed by atoms with Crippen LogP contribution in [0.5, 0.6) is 5.75 Å². The van der Waals surface area contributed by atoms with Crippen LogP contribution in [0.1, 0.15) is 10.5 Å². The number of aromatic hydroxyl groups is 1. The molecule has 6 N–H and O–H groups in total. The lowest BCUT2D eigenvalue weighted by molar-refractivity contribution is -0.432. The van der Waals surface area contributed by atoms with Gasteiger partial charge in [-0.15, -0.1) is 9.45 Å². The molecule has 0 unspecified atom stereocenters. The molecular weight excluding hydrogens is 632 g/mol. The number of nitrogens with one attached hydrogen (secondary N) is 2. The summed E-state index contributed by atoms with van der Waals surface area (Å²) < 4.78 is 37.1. The minimum atomic E-state index is -4.47. The summed E-state index contributed by atoms with van der Waals surface area (Å²) in [4.78, 5) is 32.7. The summed E-state index contributed by atoms with van der Waals surface area (Å²) in [5.74, 6) is -0.995. The van der Waals surface area contributed by atoms with Crippen molar-refractivity contribution in [2.24, 2.45) is 10.2 Å². The number of aromatic amines is 2. The van der Waals surface area contributed by atoms with Crippen LogP contribution in [0.3, 0.4) is 0 Å². The fraction of sp³-hybridized carbons (Fsp3) is 0. The Bertz CT molecular complexity index is 2290. The number of rotatable bonds is 9. The number of H-pyrrole nitrogens is 2. The molecule has 6 rings (SSSR count). The molecule has 0 amide bonds. The van der Waals surface area contributed by atoms with Crippen molar-refractivity contribution in [2.75, 3.05) is 0 Å². The van der Waals surface area contributed by atoms with Crippen molar-refractivity contribution in [3.63, 3.8) is 0 Å². The Morgan fingerprint density at radius 2 is 1.71 bits per heavy atom. The number of carbonyl (C=O) groups is 1. The molecule has 0 aliphatic rings. The Morgan fingerprint density at radius 3 is 2.38 bits per heavy atom. The molecule has 0 saturated heterocycles. The van der Waals surface area contributed by atoms with Crippen molar-refractivity contribution < 1.29 is 42.6 Å². The first-order chi connectivity index (χ1) is 21.5. The van der Waals surface area contributed by atoms with E-state index in [2.05, 4.69) is 34.7 Å². The lowest BCUT2D eigenvalue weighted by Gasteiger charge is -2.05. The van der Waals surface area contributed by atoms with E-state index in [4.69, 9.17) is 9.81 Å². The summed E-state index contributed by atoms with van der Waals surface area (Å²) in [6, 6.07) is 17.7. The highest BCUT2D eigenvalue weighted by Crippen LogP contribution is 2.36. The molecule has 45 heavy (non-hydrogen) atoms. The lowest BCUT2D eigenvalue weighted by Crippen LogP contribution is -2.14. The van der Waals surface area contributed by atoms with Crippen molar-refractivity contribution in [1.82, 2.24) is 19.7 Å². The minimum absolute atomic E-state index is 0.0143. The molecular formula is C27H18N6O10S2. The molecule has 0 radical (unpaired) electrons. The number of imidazole rings is 1. The Labute approximate surface area is 255 Å². The van der Waals surface area contributed by atoms with Crippen molar-refractivity contribution >= 4 is 61.3 Å². The molecule has 0 saturated carbocycles. The van der Waals surface area contributed by atoms with Gasteiger partial charge in [-0.3, -0.25) is 14.4 Å². The van der Waals surface area contributed by atoms with E-state index in [-0.39, 0.29) is 11.4 Å². The first kappa shape index (κ1) is 29.7. The zero-order valence-electron chi connectivity index (χ0n) is 22.3. The first-order valence-corrected chi connectivity index (χ1v) is 14.7. The maximum Gasteiger partial charge on any atom is 0.356 e. The summed E-state index contributed by atoms with van der Waals surface area (Å²) in [7, 11) is -4.47. The number of nitrogens with zero attached hydrogens (tertiary/aromatic N) is 4. The number of fused-ring (bicyclic) bond motifs is 3. The predicted octanol–water partition coefficient (Wildman–Crippen LogP) is 5.36. The molecule has 228 valence electrons. The van der Waals surface area contributed by atoms with Gasteiger partial charge in [0.05, 0.1) is 39.3 Å². The molecule has 0 aliphatic carbocycles. The predicted molar refractivity (Wildman–Crippen MR) is 159 cm³/mol. The number of benzene rings is 4. The van der Waals surface area contributed by atoms with E-state index < -0.39 is 37.9 Å². The fourth-order valence-electron chi connectivity index (χ4n) is 4.52. The Kier molecular flexibility index (Phi) is 7.66. The molecule has 2 aromatic heterocycles.